The number of carbonyl (C=O) groups is 2. The van der Waals surface area contributed by atoms with Gasteiger partial charge in [-0.15, -0.1) is 0 Å². The first-order valence-corrected chi connectivity index (χ1v) is 10.3. The Hall–Kier alpha value is -2.67. The highest BCUT2D eigenvalue weighted by Gasteiger charge is 2.42. The molecule has 2 aliphatic heterocycles. The van der Waals surface area contributed by atoms with Crippen LogP contribution in [0.25, 0.3) is 0 Å². The van der Waals surface area contributed by atoms with Gasteiger partial charge in [0.25, 0.3) is 11.8 Å². The van der Waals surface area contributed by atoms with Crippen LogP contribution in [-0.2, 0) is 6.54 Å². The molecule has 3 heterocycles. The third kappa shape index (κ3) is 4.19. The SMILES string of the molecule is CCn1nc(C(N)=O)cc1C(=O)N1CC2CN(CC[CH]c3ccccc3)C[C@H]2C1. The molecule has 2 amide bonds. The molecule has 0 bridgehead atoms. The number of aryl methyl sites for hydroxylation is 1. The van der Waals surface area contributed by atoms with Crippen LogP contribution < -0.4 is 5.73 Å². The molecular formula is C22H28N5O2. The van der Waals surface area contributed by atoms with Gasteiger partial charge < -0.3 is 15.5 Å². The Kier molecular flexibility index (Phi) is 5.67. The quantitative estimate of drug-likeness (QED) is 0.774. The minimum atomic E-state index is -0.604. The molecule has 153 valence electrons. The standard InChI is InChI=1S/C22H28N5O2/c1-2-27-20(11-19(24-27)21(23)28)22(29)26-14-17-12-25(13-18(17)15-26)10-6-9-16-7-4-3-5-8-16/h3-5,7-9,11,17-18H,2,6,10,12-15H2,1H3,(H2,23,28)/t17-,18?/m0/s1. The molecular weight excluding hydrogens is 366 g/mol. The summed E-state index contributed by atoms with van der Waals surface area (Å²) in [5, 5.41) is 4.15. The number of primary amides is 1. The average Bonchev–Trinajstić information content (AvgIpc) is 3.41. The topological polar surface area (TPSA) is 84.5 Å². The summed E-state index contributed by atoms with van der Waals surface area (Å²) in [6.45, 7) is 7.10. The molecule has 7 heteroatoms. The second-order valence-electron chi connectivity index (χ2n) is 7.99. The van der Waals surface area contributed by atoms with E-state index in [-0.39, 0.29) is 11.6 Å². The van der Waals surface area contributed by atoms with Crippen molar-refractivity contribution in [1.82, 2.24) is 19.6 Å². The van der Waals surface area contributed by atoms with Crippen molar-refractivity contribution in [2.75, 3.05) is 32.7 Å². The maximum absolute atomic E-state index is 13.0. The fourth-order valence-corrected chi connectivity index (χ4v) is 4.55. The van der Waals surface area contributed by atoms with Gasteiger partial charge in [-0.05, 0) is 43.7 Å². The van der Waals surface area contributed by atoms with E-state index in [9.17, 15) is 9.59 Å². The van der Waals surface area contributed by atoms with Crippen molar-refractivity contribution in [3.05, 3.63) is 59.8 Å². The highest BCUT2D eigenvalue weighted by Crippen LogP contribution is 2.32. The zero-order valence-corrected chi connectivity index (χ0v) is 16.8. The van der Waals surface area contributed by atoms with Gasteiger partial charge in [0, 0.05) is 38.8 Å². The van der Waals surface area contributed by atoms with Crippen LogP contribution in [-0.4, -0.2) is 64.1 Å². The van der Waals surface area contributed by atoms with Crippen molar-refractivity contribution >= 4 is 11.8 Å². The predicted octanol–water partition coefficient (Wildman–Crippen LogP) is 1.65. The number of amides is 2. The molecule has 2 fully saturated rings. The Morgan fingerprint density at radius 2 is 1.83 bits per heavy atom. The Morgan fingerprint density at radius 3 is 2.45 bits per heavy atom. The lowest BCUT2D eigenvalue weighted by Gasteiger charge is -2.21. The van der Waals surface area contributed by atoms with E-state index < -0.39 is 5.91 Å². The number of nitrogens with zero attached hydrogens (tertiary/aromatic N) is 4. The molecule has 4 rings (SSSR count). The number of rotatable bonds is 7. The highest BCUT2D eigenvalue weighted by atomic mass is 16.2. The Balaban J connectivity index is 1.30. The van der Waals surface area contributed by atoms with Crippen LogP contribution in [0, 0.1) is 18.3 Å². The van der Waals surface area contributed by atoms with Gasteiger partial charge in [0.15, 0.2) is 5.69 Å². The molecule has 0 aliphatic carbocycles. The lowest BCUT2D eigenvalue weighted by atomic mass is 10.0. The number of benzene rings is 1. The van der Waals surface area contributed by atoms with E-state index in [1.807, 2.05) is 17.9 Å². The minimum absolute atomic E-state index is 0.0507. The Morgan fingerprint density at radius 1 is 1.14 bits per heavy atom. The van der Waals surface area contributed by atoms with E-state index in [0.717, 1.165) is 39.1 Å². The lowest BCUT2D eigenvalue weighted by molar-refractivity contribution is 0.0761. The second-order valence-corrected chi connectivity index (χ2v) is 7.99. The first-order chi connectivity index (χ1) is 14.0. The van der Waals surface area contributed by atoms with E-state index in [1.165, 1.54) is 11.6 Å². The summed E-state index contributed by atoms with van der Waals surface area (Å²) in [4.78, 5) is 28.8. The Labute approximate surface area is 171 Å². The van der Waals surface area contributed by atoms with E-state index in [2.05, 4.69) is 40.7 Å². The van der Waals surface area contributed by atoms with Crippen LogP contribution >= 0.6 is 0 Å². The molecule has 1 aromatic carbocycles. The maximum atomic E-state index is 13.0. The summed E-state index contributed by atoms with van der Waals surface area (Å²) in [7, 11) is 0. The van der Waals surface area contributed by atoms with Gasteiger partial charge in [0.05, 0.1) is 0 Å². The molecule has 2 aliphatic rings. The molecule has 2 N–H and O–H groups in total. The summed E-state index contributed by atoms with van der Waals surface area (Å²) < 4.78 is 1.57. The molecule has 2 aromatic rings. The number of carbonyl (C=O) groups excluding carboxylic acids is 2. The fraction of sp³-hybridized carbons (Fsp3) is 0.455. The van der Waals surface area contributed by atoms with Crippen LogP contribution in [0.2, 0.25) is 0 Å². The summed E-state index contributed by atoms with van der Waals surface area (Å²) in [6.07, 6.45) is 3.32. The Bertz CT molecular complexity index is 865. The smallest absolute Gasteiger partial charge is 0.272 e. The number of hydrogen-bond acceptors (Lipinski definition) is 4. The fourth-order valence-electron chi connectivity index (χ4n) is 4.55. The zero-order chi connectivity index (χ0) is 20.4. The number of aromatic nitrogens is 2. The summed E-state index contributed by atoms with van der Waals surface area (Å²) in [5.74, 6) is 0.381. The summed E-state index contributed by atoms with van der Waals surface area (Å²) in [6, 6.07) is 11.9. The normalized spacial score (nSPS) is 21.5. The number of hydrogen-bond donors (Lipinski definition) is 1. The first-order valence-electron chi connectivity index (χ1n) is 10.3. The van der Waals surface area contributed by atoms with Gasteiger partial charge in [-0.1, -0.05) is 30.3 Å². The van der Waals surface area contributed by atoms with Crippen molar-refractivity contribution in [2.45, 2.75) is 19.9 Å². The first kappa shape index (κ1) is 19.6. The van der Waals surface area contributed by atoms with Gasteiger partial charge in [0.2, 0.25) is 0 Å². The van der Waals surface area contributed by atoms with Crippen LogP contribution in [0.3, 0.4) is 0 Å². The van der Waals surface area contributed by atoms with Crippen molar-refractivity contribution < 1.29 is 9.59 Å². The highest BCUT2D eigenvalue weighted by molar-refractivity contribution is 5.97. The van der Waals surface area contributed by atoms with Crippen LogP contribution in [0.15, 0.2) is 36.4 Å². The van der Waals surface area contributed by atoms with Gasteiger partial charge in [0.1, 0.15) is 5.69 Å². The van der Waals surface area contributed by atoms with Crippen LogP contribution in [0.5, 0.6) is 0 Å². The summed E-state index contributed by atoms with van der Waals surface area (Å²) in [5.41, 5.74) is 7.20. The molecule has 7 nitrogen and oxygen atoms in total. The largest absolute Gasteiger partial charge is 0.364 e. The second kappa shape index (κ2) is 8.37. The molecule has 29 heavy (non-hydrogen) atoms. The van der Waals surface area contributed by atoms with Crippen molar-refractivity contribution in [3.8, 4) is 0 Å². The third-order valence-electron chi connectivity index (χ3n) is 6.03. The van der Waals surface area contributed by atoms with Crippen molar-refractivity contribution in [1.29, 1.82) is 0 Å². The van der Waals surface area contributed by atoms with Gasteiger partial charge in [-0.2, -0.15) is 5.10 Å². The number of fused-ring (bicyclic) bond motifs is 1. The third-order valence-corrected chi connectivity index (χ3v) is 6.03. The van der Waals surface area contributed by atoms with Crippen LogP contribution in [0.4, 0.5) is 0 Å². The van der Waals surface area contributed by atoms with E-state index >= 15 is 0 Å². The van der Waals surface area contributed by atoms with Crippen LogP contribution in [0.1, 0.15) is 39.9 Å². The molecule has 2 atom stereocenters. The van der Waals surface area contributed by atoms with Gasteiger partial charge in [-0.25, -0.2) is 0 Å². The van der Waals surface area contributed by atoms with Crippen molar-refractivity contribution in [3.63, 3.8) is 0 Å². The van der Waals surface area contributed by atoms with E-state index in [1.54, 1.807) is 4.68 Å². The zero-order valence-electron chi connectivity index (χ0n) is 16.8. The van der Waals surface area contributed by atoms with Gasteiger partial charge >= 0.3 is 0 Å². The predicted molar refractivity (Wildman–Crippen MR) is 110 cm³/mol. The molecule has 1 radical (unpaired) electrons. The summed E-state index contributed by atoms with van der Waals surface area (Å²) >= 11 is 0. The number of nitrogens with two attached hydrogens (primary N) is 1. The lowest BCUT2D eigenvalue weighted by Crippen LogP contribution is -2.34. The molecule has 2 saturated heterocycles. The van der Waals surface area contributed by atoms with Gasteiger partial charge in [-0.3, -0.25) is 14.3 Å². The molecule has 1 unspecified atom stereocenters. The molecule has 1 aromatic heterocycles. The average molecular weight is 394 g/mol. The minimum Gasteiger partial charge on any atom is -0.364 e. The molecule has 0 spiro atoms. The van der Waals surface area contributed by atoms with Crippen molar-refractivity contribution in [2.24, 2.45) is 17.6 Å². The van der Waals surface area contributed by atoms with E-state index in [0.29, 0.717) is 24.1 Å². The van der Waals surface area contributed by atoms with E-state index in [4.69, 9.17) is 5.73 Å². The number of likely N-dealkylation sites (tertiary alicyclic amines) is 2. The monoisotopic (exact) mass is 394 g/mol. The maximum Gasteiger partial charge on any atom is 0.272 e. The molecule has 0 saturated carbocycles.